The van der Waals surface area contributed by atoms with Gasteiger partial charge >= 0.3 is 0 Å². The molecule has 0 saturated carbocycles. The highest BCUT2D eigenvalue weighted by Crippen LogP contribution is 2.49. The summed E-state index contributed by atoms with van der Waals surface area (Å²) in [6.07, 6.45) is 2.17. The molecule has 2 aliphatic rings. The summed E-state index contributed by atoms with van der Waals surface area (Å²) in [5, 5.41) is 19.2. The number of aromatic nitrogens is 3. The van der Waals surface area contributed by atoms with Crippen molar-refractivity contribution in [2.75, 3.05) is 0 Å². The summed E-state index contributed by atoms with van der Waals surface area (Å²) in [5.41, 5.74) is -0.287. The Morgan fingerprint density at radius 1 is 1.21 bits per heavy atom. The minimum absolute atomic E-state index is 0.268. The fraction of sp³-hybridized carbons (Fsp3) is 0.455. The van der Waals surface area contributed by atoms with E-state index in [9.17, 15) is 14.7 Å². The van der Waals surface area contributed by atoms with E-state index in [2.05, 4.69) is 10.3 Å². The molecule has 2 atom stereocenters. The maximum Gasteiger partial charge on any atom is 0.235 e. The molecule has 1 aromatic heterocycles. The largest absolute Gasteiger partial charge is 0.484 e. The Morgan fingerprint density at radius 3 is 2.52 bits per heavy atom. The highest BCUT2D eigenvalue weighted by Gasteiger charge is 2.52. The van der Waals surface area contributed by atoms with Gasteiger partial charge in [-0.05, 0) is 33.1 Å². The van der Waals surface area contributed by atoms with E-state index in [1.165, 1.54) is 4.68 Å². The highest BCUT2D eigenvalue weighted by molar-refractivity contribution is 6.52. The molecule has 2 heterocycles. The molecule has 0 fully saturated rings. The molecule has 0 spiro atoms. The number of hydrogen-bond acceptors (Lipinski definition) is 6. The van der Waals surface area contributed by atoms with Gasteiger partial charge in [-0.2, -0.15) is 0 Å². The van der Waals surface area contributed by atoms with Crippen molar-refractivity contribution in [3.63, 3.8) is 0 Å². The molecule has 0 saturated heterocycles. The molecule has 2 unspecified atom stereocenters. The van der Waals surface area contributed by atoms with Crippen LogP contribution >= 0.6 is 0 Å². The third kappa shape index (κ3) is 3.00. The number of carbonyl (C=O) groups excluding carboxylic acids is 2. The number of ether oxygens (including phenoxy) is 1. The number of Topliss-reactive ketones (excluding diaryl/α,β-unsaturated/α-hetero) is 2. The number of ketones is 2. The van der Waals surface area contributed by atoms with Crippen LogP contribution in [0.5, 0.6) is 0 Å². The lowest BCUT2D eigenvalue weighted by molar-refractivity contribution is -0.112. The van der Waals surface area contributed by atoms with Gasteiger partial charge in [-0.3, -0.25) is 9.59 Å². The minimum atomic E-state index is -1.15. The summed E-state index contributed by atoms with van der Waals surface area (Å²) in [7, 11) is 0. The van der Waals surface area contributed by atoms with Crippen molar-refractivity contribution < 1.29 is 19.4 Å². The molecule has 0 radical (unpaired) electrons. The maximum absolute atomic E-state index is 13.0. The lowest BCUT2D eigenvalue weighted by Crippen LogP contribution is -2.35. The van der Waals surface area contributed by atoms with Crippen LogP contribution in [0.15, 0.2) is 36.0 Å². The molecule has 7 nitrogen and oxygen atoms in total. The first-order valence-electron chi connectivity index (χ1n) is 9.79. The Morgan fingerprint density at radius 2 is 1.86 bits per heavy atom. The number of rotatable bonds is 4. The molecule has 0 bridgehead atoms. The van der Waals surface area contributed by atoms with Crippen molar-refractivity contribution in [1.82, 2.24) is 15.0 Å². The topological polar surface area (TPSA) is 94.3 Å². The number of nitrogens with zero attached hydrogens (tertiary/aromatic N) is 3. The van der Waals surface area contributed by atoms with Crippen LogP contribution in [0.4, 0.5) is 0 Å². The first-order chi connectivity index (χ1) is 13.5. The molecule has 7 heteroatoms. The first-order valence-corrected chi connectivity index (χ1v) is 9.79. The van der Waals surface area contributed by atoms with Crippen molar-refractivity contribution in [1.29, 1.82) is 0 Å². The van der Waals surface area contributed by atoms with E-state index in [1.807, 2.05) is 33.8 Å². The van der Waals surface area contributed by atoms with Gasteiger partial charge < -0.3 is 9.84 Å². The Kier molecular flexibility index (Phi) is 4.27. The second-order valence-corrected chi connectivity index (χ2v) is 9.01. The summed E-state index contributed by atoms with van der Waals surface area (Å²) in [4.78, 5) is 25.7. The fourth-order valence-corrected chi connectivity index (χ4v) is 4.40. The Hall–Kier alpha value is -2.80. The summed E-state index contributed by atoms with van der Waals surface area (Å²) in [6.45, 7) is 9.45. The van der Waals surface area contributed by atoms with E-state index < -0.39 is 28.8 Å². The zero-order valence-electron chi connectivity index (χ0n) is 17.3. The number of fused-ring (bicyclic) bond motifs is 2. The SMILES string of the molecule is CC(C)CC(C)(O)c1cn(C2C3=C(OC2(C)C)c2ccccc2C(=O)C3=O)nn1. The number of aliphatic hydroxyl groups is 1. The Bertz CT molecular complexity index is 1050. The zero-order chi connectivity index (χ0) is 21.1. The average molecular weight is 395 g/mol. The Balaban J connectivity index is 1.82. The van der Waals surface area contributed by atoms with Gasteiger partial charge in [-0.15, -0.1) is 5.10 Å². The molecule has 1 aliphatic carbocycles. The van der Waals surface area contributed by atoms with E-state index in [0.29, 0.717) is 34.6 Å². The molecular formula is C22H25N3O4. The van der Waals surface area contributed by atoms with Crippen molar-refractivity contribution in [2.45, 2.75) is 58.3 Å². The molecule has 1 aromatic carbocycles. The summed E-state index contributed by atoms with van der Waals surface area (Å²) in [6, 6.07) is 6.34. The van der Waals surface area contributed by atoms with Crippen LogP contribution in [0, 0.1) is 5.92 Å². The highest BCUT2D eigenvalue weighted by atomic mass is 16.5. The molecule has 1 aliphatic heterocycles. The van der Waals surface area contributed by atoms with Crippen molar-refractivity contribution in [3.8, 4) is 0 Å². The van der Waals surface area contributed by atoms with Crippen LogP contribution in [0.25, 0.3) is 5.76 Å². The van der Waals surface area contributed by atoms with Crippen molar-refractivity contribution in [3.05, 3.63) is 52.9 Å². The lowest BCUT2D eigenvalue weighted by Gasteiger charge is -2.27. The van der Waals surface area contributed by atoms with Crippen LogP contribution in [-0.4, -0.2) is 37.3 Å². The number of carbonyl (C=O) groups is 2. The standard InChI is InChI=1S/C22H25N3O4/c1-12(2)10-22(5,28)15-11-25(24-23-15)20-16-18(27)17(26)13-8-6-7-9-14(13)19(16)29-21(20,3)4/h6-9,11-12,20,28H,10H2,1-5H3. The van der Waals surface area contributed by atoms with E-state index in [0.717, 1.165) is 0 Å². The fourth-order valence-electron chi connectivity index (χ4n) is 4.40. The van der Waals surface area contributed by atoms with Crippen LogP contribution in [-0.2, 0) is 15.1 Å². The van der Waals surface area contributed by atoms with Gasteiger partial charge in [0.25, 0.3) is 0 Å². The van der Waals surface area contributed by atoms with E-state index in [4.69, 9.17) is 4.74 Å². The van der Waals surface area contributed by atoms with Gasteiger partial charge in [-0.1, -0.05) is 43.3 Å². The van der Waals surface area contributed by atoms with Crippen LogP contribution < -0.4 is 0 Å². The molecule has 29 heavy (non-hydrogen) atoms. The Labute approximate surface area is 169 Å². The molecule has 152 valence electrons. The van der Waals surface area contributed by atoms with Gasteiger partial charge in [0.1, 0.15) is 28.7 Å². The summed E-state index contributed by atoms with van der Waals surface area (Å²) < 4.78 is 7.71. The van der Waals surface area contributed by atoms with E-state index in [1.54, 1.807) is 31.3 Å². The third-order valence-electron chi connectivity index (χ3n) is 5.54. The molecular weight excluding hydrogens is 370 g/mol. The van der Waals surface area contributed by atoms with Gasteiger partial charge in [0, 0.05) is 11.1 Å². The van der Waals surface area contributed by atoms with Gasteiger partial charge in [0.05, 0.1) is 11.8 Å². The smallest absolute Gasteiger partial charge is 0.235 e. The predicted molar refractivity (Wildman–Crippen MR) is 106 cm³/mol. The van der Waals surface area contributed by atoms with Gasteiger partial charge in [-0.25, -0.2) is 4.68 Å². The summed E-state index contributed by atoms with van der Waals surface area (Å²) in [5.74, 6) is -0.436. The average Bonchev–Trinajstić information content (AvgIpc) is 3.21. The second-order valence-electron chi connectivity index (χ2n) is 9.01. The van der Waals surface area contributed by atoms with Crippen molar-refractivity contribution >= 4 is 17.3 Å². The molecule has 4 rings (SSSR count). The van der Waals surface area contributed by atoms with Crippen molar-refractivity contribution in [2.24, 2.45) is 5.92 Å². The number of benzene rings is 1. The number of hydrogen-bond donors (Lipinski definition) is 1. The monoisotopic (exact) mass is 395 g/mol. The molecule has 1 N–H and O–H groups in total. The van der Waals surface area contributed by atoms with E-state index >= 15 is 0 Å². The quantitative estimate of drug-likeness (QED) is 0.800. The second kappa shape index (κ2) is 6.35. The van der Waals surface area contributed by atoms with Crippen LogP contribution in [0.2, 0.25) is 0 Å². The van der Waals surface area contributed by atoms with Crippen LogP contribution in [0.3, 0.4) is 0 Å². The first kappa shape index (κ1) is 19.5. The van der Waals surface area contributed by atoms with Gasteiger partial charge in [0.15, 0.2) is 0 Å². The summed E-state index contributed by atoms with van der Waals surface area (Å²) >= 11 is 0. The predicted octanol–water partition coefficient (Wildman–Crippen LogP) is 3.06. The normalized spacial score (nSPS) is 22.4. The molecule has 2 aromatic rings. The molecule has 0 amide bonds. The lowest BCUT2D eigenvalue weighted by atomic mass is 9.83. The van der Waals surface area contributed by atoms with Gasteiger partial charge in [0.2, 0.25) is 11.6 Å². The maximum atomic E-state index is 13.0. The van der Waals surface area contributed by atoms with Crippen LogP contribution in [0.1, 0.15) is 68.7 Å². The zero-order valence-corrected chi connectivity index (χ0v) is 17.3. The minimum Gasteiger partial charge on any atom is -0.484 e. The third-order valence-corrected chi connectivity index (χ3v) is 5.54. The van der Waals surface area contributed by atoms with E-state index in [-0.39, 0.29) is 5.92 Å².